The van der Waals surface area contributed by atoms with Crippen LogP contribution in [0.1, 0.15) is 44.2 Å². The molecular formula is C22H24Cl2FNO2. The number of carboxylic acid groups (broad SMARTS) is 1. The van der Waals surface area contributed by atoms with Gasteiger partial charge in [0.25, 0.3) is 0 Å². The molecule has 2 aromatic carbocycles. The van der Waals surface area contributed by atoms with Crippen molar-refractivity contribution in [2.24, 2.45) is 5.41 Å². The Morgan fingerprint density at radius 1 is 1.21 bits per heavy atom. The van der Waals surface area contributed by atoms with Gasteiger partial charge in [-0.3, -0.25) is 4.79 Å². The van der Waals surface area contributed by atoms with Gasteiger partial charge in [-0.2, -0.15) is 0 Å². The Balaban J connectivity index is 2.27. The fourth-order valence-electron chi connectivity index (χ4n) is 4.65. The van der Waals surface area contributed by atoms with E-state index in [1.54, 1.807) is 30.3 Å². The summed E-state index contributed by atoms with van der Waals surface area (Å²) in [4.78, 5) is 12.1. The van der Waals surface area contributed by atoms with E-state index in [-0.39, 0.29) is 5.41 Å². The second-order valence-corrected chi connectivity index (χ2v) is 9.62. The van der Waals surface area contributed by atoms with Crippen molar-refractivity contribution in [2.45, 2.75) is 44.6 Å². The molecule has 6 heteroatoms. The van der Waals surface area contributed by atoms with Crippen molar-refractivity contribution >= 4 is 29.2 Å². The molecule has 0 bridgehead atoms. The van der Waals surface area contributed by atoms with Crippen molar-refractivity contribution in [1.29, 1.82) is 0 Å². The molecular weight excluding hydrogens is 400 g/mol. The van der Waals surface area contributed by atoms with Crippen molar-refractivity contribution in [3.63, 3.8) is 0 Å². The van der Waals surface area contributed by atoms with Gasteiger partial charge in [0.15, 0.2) is 0 Å². The van der Waals surface area contributed by atoms with E-state index in [9.17, 15) is 9.90 Å². The summed E-state index contributed by atoms with van der Waals surface area (Å²) < 4.78 is 15.1. The molecule has 2 aromatic rings. The molecule has 3 unspecified atom stereocenters. The second kappa shape index (κ2) is 7.66. The smallest absolute Gasteiger partial charge is 0.321 e. The zero-order chi connectivity index (χ0) is 20.7. The second-order valence-electron chi connectivity index (χ2n) is 8.75. The average Bonchev–Trinajstić information content (AvgIpc) is 2.93. The molecule has 2 N–H and O–H groups in total. The standard InChI is InChI=1S/C22H24Cl2FNO2/c1-21(2,3)11-22(16-8-7-15(24)10-17(16)25)12-26-19(20(27)28)18(22)13-5-4-6-14(23)9-13/h4-10,18-19,26H,11-12H2,1-3H3,(H,27,28). The quantitative estimate of drug-likeness (QED) is 0.667. The van der Waals surface area contributed by atoms with Crippen LogP contribution in [0.5, 0.6) is 0 Å². The Morgan fingerprint density at radius 3 is 2.46 bits per heavy atom. The number of carbonyl (C=O) groups is 1. The number of halogens is 3. The highest BCUT2D eigenvalue weighted by molar-refractivity contribution is 6.30. The lowest BCUT2D eigenvalue weighted by atomic mass is 9.61. The molecule has 1 fully saturated rings. The molecule has 1 aliphatic rings. The average molecular weight is 424 g/mol. The molecule has 1 heterocycles. The molecule has 28 heavy (non-hydrogen) atoms. The van der Waals surface area contributed by atoms with Crippen LogP contribution in [0, 0.1) is 11.2 Å². The van der Waals surface area contributed by atoms with E-state index in [2.05, 4.69) is 26.1 Å². The topological polar surface area (TPSA) is 49.3 Å². The van der Waals surface area contributed by atoms with Crippen LogP contribution in [0.3, 0.4) is 0 Å². The molecule has 0 aliphatic carbocycles. The maximum atomic E-state index is 15.1. The third-order valence-electron chi connectivity index (χ3n) is 5.35. The Kier molecular flexibility index (Phi) is 5.77. The van der Waals surface area contributed by atoms with Crippen molar-refractivity contribution in [3.8, 4) is 0 Å². The predicted molar refractivity (Wildman–Crippen MR) is 111 cm³/mol. The maximum Gasteiger partial charge on any atom is 0.321 e. The van der Waals surface area contributed by atoms with E-state index in [0.29, 0.717) is 28.6 Å². The van der Waals surface area contributed by atoms with Gasteiger partial charge in [-0.15, -0.1) is 0 Å². The van der Waals surface area contributed by atoms with Gasteiger partial charge >= 0.3 is 5.97 Å². The van der Waals surface area contributed by atoms with Gasteiger partial charge in [-0.25, -0.2) is 4.39 Å². The molecule has 3 rings (SSSR count). The molecule has 1 aliphatic heterocycles. The predicted octanol–water partition coefficient (Wildman–Crippen LogP) is 5.65. The summed E-state index contributed by atoms with van der Waals surface area (Å²) in [6.07, 6.45) is 0.590. The van der Waals surface area contributed by atoms with Crippen molar-refractivity contribution < 1.29 is 14.3 Å². The number of nitrogens with one attached hydrogen (secondary N) is 1. The first kappa shape index (κ1) is 21.1. The van der Waals surface area contributed by atoms with Crippen LogP contribution in [0.2, 0.25) is 10.0 Å². The summed E-state index contributed by atoms with van der Waals surface area (Å²) in [5.41, 5.74) is 0.329. The fourth-order valence-corrected chi connectivity index (χ4v) is 5.01. The molecule has 0 saturated carbocycles. The van der Waals surface area contributed by atoms with Crippen LogP contribution in [0.4, 0.5) is 4.39 Å². The Morgan fingerprint density at radius 2 is 1.89 bits per heavy atom. The molecule has 3 nitrogen and oxygen atoms in total. The monoisotopic (exact) mass is 423 g/mol. The molecule has 3 atom stereocenters. The number of hydrogen-bond acceptors (Lipinski definition) is 2. The number of rotatable bonds is 4. The van der Waals surface area contributed by atoms with Gasteiger partial charge in [0, 0.05) is 27.9 Å². The summed E-state index contributed by atoms with van der Waals surface area (Å²) in [6, 6.07) is 11.0. The Bertz CT molecular complexity index is 896. The Labute approximate surface area is 174 Å². The molecule has 150 valence electrons. The van der Waals surface area contributed by atoms with E-state index in [1.807, 2.05) is 6.07 Å². The molecule has 0 amide bonds. The third-order valence-corrected chi connectivity index (χ3v) is 5.82. The minimum absolute atomic E-state index is 0.169. The van der Waals surface area contributed by atoms with Gasteiger partial charge in [-0.05, 0) is 47.2 Å². The van der Waals surface area contributed by atoms with E-state index >= 15 is 4.39 Å². The summed E-state index contributed by atoms with van der Waals surface area (Å²) in [5.74, 6) is -1.87. The Hall–Kier alpha value is -1.62. The van der Waals surface area contributed by atoms with Gasteiger partial charge in [0.05, 0.1) is 0 Å². The number of aliphatic carboxylic acids is 1. The highest BCUT2D eigenvalue weighted by atomic mass is 35.5. The molecule has 1 saturated heterocycles. The van der Waals surface area contributed by atoms with E-state index in [1.165, 1.54) is 6.07 Å². The third kappa shape index (κ3) is 4.05. The van der Waals surface area contributed by atoms with Gasteiger partial charge in [0.2, 0.25) is 0 Å². The molecule has 0 aromatic heterocycles. The van der Waals surface area contributed by atoms with Crippen LogP contribution < -0.4 is 5.32 Å². The van der Waals surface area contributed by atoms with E-state index in [4.69, 9.17) is 23.2 Å². The first-order chi connectivity index (χ1) is 13.0. The first-order valence-electron chi connectivity index (χ1n) is 9.21. The minimum atomic E-state index is -0.963. The summed E-state index contributed by atoms with van der Waals surface area (Å²) in [5, 5.41) is 13.9. The molecule has 0 radical (unpaired) electrons. The zero-order valence-corrected chi connectivity index (χ0v) is 17.6. The minimum Gasteiger partial charge on any atom is -0.480 e. The van der Waals surface area contributed by atoms with Crippen LogP contribution >= 0.6 is 23.2 Å². The van der Waals surface area contributed by atoms with Crippen LogP contribution in [0.25, 0.3) is 0 Å². The van der Waals surface area contributed by atoms with Crippen molar-refractivity contribution in [3.05, 3.63) is 69.5 Å². The lowest BCUT2D eigenvalue weighted by Gasteiger charge is -2.41. The lowest BCUT2D eigenvalue weighted by molar-refractivity contribution is -0.139. The lowest BCUT2D eigenvalue weighted by Crippen LogP contribution is -2.41. The van der Waals surface area contributed by atoms with Gasteiger partial charge < -0.3 is 10.4 Å². The molecule has 0 spiro atoms. The first-order valence-corrected chi connectivity index (χ1v) is 9.96. The zero-order valence-electron chi connectivity index (χ0n) is 16.1. The fraction of sp³-hybridized carbons (Fsp3) is 0.409. The van der Waals surface area contributed by atoms with E-state index < -0.39 is 29.2 Å². The summed E-state index contributed by atoms with van der Waals surface area (Å²) >= 11 is 12.2. The van der Waals surface area contributed by atoms with Crippen LogP contribution in [-0.4, -0.2) is 23.7 Å². The number of benzene rings is 2. The largest absolute Gasteiger partial charge is 0.480 e. The SMILES string of the molecule is CC(C)(C)CC1(c2ccc(Cl)cc2F)CNC(C(=O)O)C1c1cccc(Cl)c1. The maximum absolute atomic E-state index is 15.1. The van der Waals surface area contributed by atoms with E-state index in [0.717, 1.165) is 5.56 Å². The number of carboxylic acids is 1. The van der Waals surface area contributed by atoms with Gasteiger partial charge in [-0.1, -0.05) is 62.2 Å². The van der Waals surface area contributed by atoms with Crippen molar-refractivity contribution in [2.75, 3.05) is 6.54 Å². The van der Waals surface area contributed by atoms with Crippen LogP contribution in [0.15, 0.2) is 42.5 Å². The highest BCUT2D eigenvalue weighted by Gasteiger charge is 2.54. The number of hydrogen-bond donors (Lipinski definition) is 2. The van der Waals surface area contributed by atoms with Gasteiger partial charge in [0.1, 0.15) is 11.9 Å². The highest BCUT2D eigenvalue weighted by Crippen LogP contribution is 2.52. The van der Waals surface area contributed by atoms with Crippen molar-refractivity contribution in [1.82, 2.24) is 5.32 Å². The normalized spacial score (nSPS) is 25.1. The summed E-state index contributed by atoms with van der Waals surface area (Å²) in [6.45, 7) is 6.57. The van der Waals surface area contributed by atoms with Crippen LogP contribution in [-0.2, 0) is 10.2 Å². The summed E-state index contributed by atoms with van der Waals surface area (Å²) in [7, 11) is 0.